The van der Waals surface area contributed by atoms with E-state index in [1.807, 2.05) is 12.3 Å². The molecule has 30 heavy (non-hydrogen) atoms. The van der Waals surface area contributed by atoms with Crippen LogP contribution in [-0.2, 0) is 0 Å². The lowest BCUT2D eigenvalue weighted by atomic mass is 9.43. The van der Waals surface area contributed by atoms with Gasteiger partial charge in [0, 0.05) is 17.4 Å². The third-order valence-electron chi connectivity index (χ3n) is 6.48. The number of hydrogen-bond donors (Lipinski definition) is 0. The molecule has 0 amide bonds. The summed E-state index contributed by atoms with van der Waals surface area (Å²) >= 11 is 0. The second-order valence-electron chi connectivity index (χ2n) is 8.03. The molecule has 0 fully saturated rings. The van der Waals surface area contributed by atoms with Gasteiger partial charge in [-0.05, 0) is 57.1 Å². The molecule has 0 saturated heterocycles. The average molecular weight is 380 g/mol. The van der Waals surface area contributed by atoms with E-state index in [4.69, 9.17) is 4.98 Å². The molecule has 0 N–H and O–H groups in total. The quantitative estimate of drug-likeness (QED) is 0.346. The average Bonchev–Trinajstić information content (AvgIpc) is 2.82. The lowest BCUT2D eigenvalue weighted by Crippen LogP contribution is -2.59. The first-order valence-electron chi connectivity index (χ1n) is 10.4. The molecule has 3 heterocycles. The first-order valence-corrected chi connectivity index (χ1v) is 10.4. The van der Waals surface area contributed by atoms with E-state index in [2.05, 4.69) is 95.8 Å². The standard InChI is InChI=1S/C27H17BN2/c1-2-9-19-17-24-22(16-18(19)8-1)20-10-4-6-13-25(20)30-26-14-7-15-29-27(26)21-11-3-5-12-23(21)28(24)30/h1-17H. The van der Waals surface area contributed by atoms with Gasteiger partial charge >= 0.3 is 6.85 Å². The van der Waals surface area contributed by atoms with E-state index in [1.54, 1.807) is 0 Å². The molecule has 3 heteroatoms. The Balaban J connectivity index is 1.65. The second kappa shape index (κ2) is 5.83. The molecule has 2 aliphatic rings. The van der Waals surface area contributed by atoms with Gasteiger partial charge in [-0.25, -0.2) is 0 Å². The van der Waals surface area contributed by atoms with Crippen molar-refractivity contribution in [1.82, 2.24) is 4.98 Å². The van der Waals surface area contributed by atoms with Crippen LogP contribution < -0.4 is 15.7 Å². The van der Waals surface area contributed by atoms with E-state index < -0.39 is 0 Å². The first kappa shape index (κ1) is 16.0. The van der Waals surface area contributed by atoms with E-state index >= 15 is 0 Å². The minimum Gasteiger partial charge on any atom is -0.375 e. The third kappa shape index (κ3) is 2.02. The number of nitrogens with zero attached hydrogens (tertiary/aromatic N) is 2. The van der Waals surface area contributed by atoms with E-state index in [1.165, 1.54) is 49.8 Å². The van der Waals surface area contributed by atoms with Gasteiger partial charge in [-0.3, -0.25) is 4.98 Å². The van der Waals surface area contributed by atoms with Gasteiger partial charge in [0.25, 0.3) is 0 Å². The molecule has 0 unspecified atom stereocenters. The zero-order chi connectivity index (χ0) is 19.7. The molecule has 0 atom stereocenters. The Morgan fingerprint density at radius 3 is 2.17 bits per heavy atom. The fourth-order valence-corrected chi connectivity index (χ4v) is 5.23. The van der Waals surface area contributed by atoms with Crippen LogP contribution in [0.5, 0.6) is 0 Å². The van der Waals surface area contributed by atoms with Crippen molar-refractivity contribution < 1.29 is 0 Å². The van der Waals surface area contributed by atoms with Crippen molar-refractivity contribution in [2.24, 2.45) is 0 Å². The Bertz CT molecular complexity index is 1470. The molecule has 0 aliphatic carbocycles. The van der Waals surface area contributed by atoms with Crippen LogP contribution in [0.1, 0.15) is 0 Å². The van der Waals surface area contributed by atoms with E-state index in [0.717, 1.165) is 5.69 Å². The highest BCUT2D eigenvalue weighted by atomic mass is 15.1. The van der Waals surface area contributed by atoms with Gasteiger partial charge in [0.1, 0.15) is 0 Å². The highest BCUT2D eigenvalue weighted by Gasteiger charge is 2.42. The Hall–Kier alpha value is -3.85. The molecule has 2 nitrogen and oxygen atoms in total. The maximum absolute atomic E-state index is 4.79. The normalized spacial score (nSPS) is 13.2. The lowest BCUT2D eigenvalue weighted by molar-refractivity contribution is 1.26. The number of pyridine rings is 1. The molecular weight excluding hydrogens is 363 g/mol. The molecule has 7 rings (SSSR count). The van der Waals surface area contributed by atoms with Gasteiger partial charge in [-0.2, -0.15) is 0 Å². The zero-order valence-corrected chi connectivity index (χ0v) is 16.3. The van der Waals surface area contributed by atoms with Crippen molar-refractivity contribution in [3.63, 3.8) is 0 Å². The Kier molecular flexibility index (Phi) is 3.11. The molecular formula is C27H17BN2. The first-order chi connectivity index (χ1) is 14.9. The van der Waals surface area contributed by atoms with Crippen molar-refractivity contribution >= 4 is 39.9 Å². The van der Waals surface area contributed by atoms with E-state index in [-0.39, 0.29) is 6.85 Å². The number of fused-ring (bicyclic) bond motifs is 12. The van der Waals surface area contributed by atoms with Gasteiger partial charge in [0.15, 0.2) is 0 Å². The minimum atomic E-state index is 0.132. The topological polar surface area (TPSA) is 16.1 Å². The summed E-state index contributed by atoms with van der Waals surface area (Å²) in [6.45, 7) is 0.132. The zero-order valence-electron chi connectivity index (χ0n) is 16.3. The van der Waals surface area contributed by atoms with Crippen LogP contribution in [0.15, 0.2) is 103 Å². The van der Waals surface area contributed by atoms with Crippen LogP contribution >= 0.6 is 0 Å². The van der Waals surface area contributed by atoms with Crippen molar-refractivity contribution in [3.8, 4) is 22.4 Å². The van der Waals surface area contributed by atoms with Gasteiger partial charge < -0.3 is 4.81 Å². The minimum absolute atomic E-state index is 0.132. The molecule has 1 aromatic heterocycles. The number of benzene rings is 4. The van der Waals surface area contributed by atoms with Gasteiger partial charge in [0.05, 0.1) is 11.4 Å². The summed E-state index contributed by atoms with van der Waals surface area (Å²) in [6.07, 6.45) is 1.90. The third-order valence-corrected chi connectivity index (χ3v) is 6.48. The summed E-state index contributed by atoms with van der Waals surface area (Å²) < 4.78 is 0. The Morgan fingerprint density at radius 1 is 0.567 bits per heavy atom. The summed E-state index contributed by atoms with van der Waals surface area (Å²) in [4.78, 5) is 7.27. The molecule has 0 spiro atoms. The van der Waals surface area contributed by atoms with Gasteiger partial charge in [-0.1, -0.05) is 72.8 Å². The van der Waals surface area contributed by atoms with Crippen molar-refractivity contribution in [2.45, 2.75) is 0 Å². The maximum atomic E-state index is 4.79. The fraction of sp³-hybridized carbons (Fsp3) is 0. The fourth-order valence-electron chi connectivity index (χ4n) is 5.23. The highest BCUT2D eigenvalue weighted by Crippen LogP contribution is 2.45. The molecule has 0 radical (unpaired) electrons. The predicted octanol–water partition coefficient (Wildman–Crippen LogP) is 5.14. The van der Waals surface area contributed by atoms with Crippen LogP contribution in [0.25, 0.3) is 33.2 Å². The maximum Gasteiger partial charge on any atom is 0.329 e. The second-order valence-corrected chi connectivity index (χ2v) is 8.03. The van der Waals surface area contributed by atoms with Crippen molar-refractivity contribution in [1.29, 1.82) is 0 Å². The van der Waals surface area contributed by atoms with Crippen LogP contribution in [-0.4, -0.2) is 11.8 Å². The van der Waals surface area contributed by atoms with Gasteiger partial charge in [-0.15, -0.1) is 0 Å². The largest absolute Gasteiger partial charge is 0.375 e. The van der Waals surface area contributed by atoms with Crippen LogP contribution in [0.2, 0.25) is 0 Å². The number of para-hydroxylation sites is 1. The van der Waals surface area contributed by atoms with Crippen LogP contribution in [0.3, 0.4) is 0 Å². The molecule has 0 bridgehead atoms. The highest BCUT2D eigenvalue weighted by molar-refractivity contribution is 6.92. The van der Waals surface area contributed by atoms with E-state index in [0.29, 0.717) is 0 Å². The summed E-state index contributed by atoms with van der Waals surface area (Å²) in [5, 5.41) is 2.57. The molecule has 2 aliphatic heterocycles. The molecule has 0 saturated carbocycles. The summed E-state index contributed by atoms with van der Waals surface area (Å²) in [5.74, 6) is 0. The summed E-state index contributed by atoms with van der Waals surface area (Å²) in [7, 11) is 0. The molecule has 138 valence electrons. The smallest absolute Gasteiger partial charge is 0.329 e. The monoisotopic (exact) mass is 380 g/mol. The van der Waals surface area contributed by atoms with E-state index in [9.17, 15) is 0 Å². The van der Waals surface area contributed by atoms with Crippen molar-refractivity contribution in [3.05, 3.63) is 103 Å². The Labute approximate surface area is 175 Å². The van der Waals surface area contributed by atoms with Crippen LogP contribution in [0.4, 0.5) is 11.4 Å². The summed E-state index contributed by atoms with van der Waals surface area (Å²) in [5.41, 5.74) is 9.98. The SMILES string of the molecule is c1ccc2c(c1)B1c3cc4ccccc4cc3-c3ccccc3N1c1cccnc1-2. The predicted molar refractivity (Wildman–Crippen MR) is 126 cm³/mol. The number of aromatic nitrogens is 1. The molecule has 4 aromatic carbocycles. The lowest BCUT2D eigenvalue weighted by Gasteiger charge is -2.42. The van der Waals surface area contributed by atoms with Gasteiger partial charge in [0.2, 0.25) is 0 Å². The number of anilines is 2. The molecule has 5 aromatic rings. The number of hydrogen-bond acceptors (Lipinski definition) is 2. The summed E-state index contributed by atoms with van der Waals surface area (Å²) in [6, 6.07) is 35.2. The van der Waals surface area contributed by atoms with Crippen molar-refractivity contribution in [2.75, 3.05) is 4.81 Å². The Morgan fingerprint density at radius 2 is 1.27 bits per heavy atom. The number of rotatable bonds is 0. The van der Waals surface area contributed by atoms with Crippen LogP contribution in [0, 0.1) is 0 Å².